The van der Waals surface area contributed by atoms with Crippen LogP contribution in [-0.2, 0) is 5.54 Å². The second-order valence-electron chi connectivity index (χ2n) is 5.72. The quantitative estimate of drug-likeness (QED) is 0.805. The summed E-state index contributed by atoms with van der Waals surface area (Å²) in [4.78, 5) is 27.8. The van der Waals surface area contributed by atoms with Crippen LogP contribution in [0.4, 0.5) is 18.9 Å². The van der Waals surface area contributed by atoms with Crippen molar-refractivity contribution >= 4 is 28.5 Å². The summed E-state index contributed by atoms with van der Waals surface area (Å²) in [6.07, 6.45) is 0.871. The maximum atomic E-state index is 13.8. The number of hydrogen-bond donors (Lipinski definition) is 2. The molecule has 0 fully saturated rings. The summed E-state index contributed by atoms with van der Waals surface area (Å²) in [7, 11) is 0. The number of alkyl halides is 3. The first-order valence-electron chi connectivity index (χ1n) is 7.85. The van der Waals surface area contributed by atoms with Crippen molar-refractivity contribution in [1.29, 1.82) is 0 Å². The molecule has 1 atom stereocenters. The highest BCUT2D eigenvalue weighted by Crippen LogP contribution is 2.35. The number of nitrogens with two attached hydrogens (primary N) is 1. The molecule has 1 amide bonds. The standard InChI is InChI=1S/C16H15F3N6OS/c17-8-16(2-4-27-15(20)25-16)12-5-9(1-3-21-12)24-14(26)11-7-22-10(6-23-11)13(18)19/h1,3,5-7,13H,2,4,8H2,(H2,20,25)(H,21,24,26). The van der Waals surface area contributed by atoms with Gasteiger partial charge < -0.3 is 11.1 Å². The van der Waals surface area contributed by atoms with Gasteiger partial charge in [-0.15, -0.1) is 0 Å². The molecular weight excluding hydrogens is 381 g/mol. The van der Waals surface area contributed by atoms with Crippen LogP contribution < -0.4 is 11.1 Å². The molecule has 1 aliphatic heterocycles. The van der Waals surface area contributed by atoms with Gasteiger partial charge in [-0.2, -0.15) is 0 Å². The van der Waals surface area contributed by atoms with E-state index in [0.29, 0.717) is 23.6 Å². The molecule has 1 aliphatic rings. The van der Waals surface area contributed by atoms with E-state index in [2.05, 4.69) is 25.3 Å². The monoisotopic (exact) mass is 396 g/mol. The molecule has 0 aromatic carbocycles. The van der Waals surface area contributed by atoms with E-state index < -0.39 is 30.2 Å². The molecule has 3 rings (SSSR count). The number of amides is 1. The van der Waals surface area contributed by atoms with Crippen LogP contribution in [-0.4, -0.2) is 38.5 Å². The third-order valence-corrected chi connectivity index (χ3v) is 4.73. The predicted octanol–water partition coefficient (Wildman–Crippen LogP) is 2.68. The van der Waals surface area contributed by atoms with Crippen LogP contribution in [0.2, 0.25) is 0 Å². The van der Waals surface area contributed by atoms with Crippen LogP contribution in [0.15, 0.2) is 35.7 Å². The number of rotatable bonds is 5. The number of thioether (sulfide) groups is 1. The molecule has 0 bridgehead atoms. The number of halogens is 3. The smallest absolute Gasteiger partial charge is 0.281 e. The number of carbonyl (C=O) groups is 1. The number of carbonyl (C=O) groups excluding carboxylic acids is 1. The molecule has 142 valence electrons. The van der Waals surface area contributed by atoms with E-state index in [1.807, 2.05) is 0 Å². The highest BCUT2D eigenvalue weighted by atomic mass is 32.2. The van der Waals surface area contributed by atoms with E-state index in [9.17, 15) is 18.0 Å². The first-order chi connectivity index (χ1) is 12.9. The molecule has 2 aromatic heterocycles. The number of aliphatic imine (C=N–C) groups is 1. The van der Waals surface area contributed by atoms with Crippen LogP contribution in [0, 0.1) is 0 Å². The molecule has 0 aliphatic carbocycles. The Morgan fingerprint density at radius 1 is 1.33 bits per heavy atom. The van der Waals surface area contributed by atoms with Crippen molar-refractivity contribution in [1.82, 2.24) is 15.0 Å². The van der Waals surface area contributed by atoms with Gasteiger partial charge in [-0.25, -0.2) is 23.1 Å². The van der Waals surface area contributed by atoms with Crippen molar-refractivity contribution in [2.24, 2.45) is 10.7 Å². The van der Waals surface area contributed by atoms with Crippen LogP contribution in [0.25, 0.3) is 0 Å². The first kappa shape index (κ1) is 19.1. The maximum absolute atomic E-state index is 13.8. The molecule has 3 heterocycles. The predicted molar refractivity (Wildman–Crippen MR) is 95.5 cm³/mol. The molecule has 0 spiro atoms. The van der Waals surface area contributed by atoms with Crippen molar-refractivity contribution < 1.29 is 18.0 Å². The second kappa shape index (κ2) is 7.91. The Morgan fingerprint density at radius 3 is 2.78 bits per heavy atom. The van der Waals surface area contributed by atoms with Crippen LogP contribution >= 0.6 is 11.8 Å². The molecule has 27 heavy (non-hydrogen) atoms. The highest BCUT2D eigenvalue weighted by molar-refractivity contribution is 8.13. The molecule has 0 saturated carbocycles. The van der Waals surface area contributed by atoms with E-state index >= 15 is 0 Å². The Hall–Kier alpha value is -2.69. The first-order valence-corrected chi connectivity index (χ1v) is 8.84. The fraction of sp³-hybridized carbons (Fsp3) is 0.312. The van der Waals surface area contributed by atoms with Gasteiger partial charge in [0.05, 0.1) is 18.1 Å². The fourth-order valence-corrected chi connectivity index (χ4v) is 3.39. The van der Waals surface area contributed by atoms with Crippen molar-refractivity contribution in [3.8, 4) is 0 Å². The minimum atomic E-state index is -2.77. The Balaban J connectivity index is 1.81. The van der Waals surface area contributed by atoms with Gasteiger partial charge in [-0.1, -0.05) is 11.8 Å². The number of nitrogens with zero attached hydrogens (tertiary/aromatic N) is 4. The number of hydrogen-bond acceptors (Lipinski definition) is 7. The van der Waals surface area contributed by atoms with Crippen molar-refractivity contribution in [3.63, 3.8) is 0 Å². The molecule has 2 aromatic rings. The average Bonchev–Trinajstić information content (AvgIpc) is 2.68. The number of aromatic nitrogens is 3. The van der Waals surface area contributed by atoms with Crippen molar-refractivity contribution in [2.75, 3.05) is 17.7 Å². The zero-order chi connectivity index (χ0) is 19.4. The number of pyridine rings is 1. The van der Waals surface area contributed by atoms with E-state index in [1.54, 1.807) is 0 Å². The maximum Gasteiger partial charge on any atom is 0.281 e. The second-order valence-corrected chi connectivity index (χ2v) is 6.84. The fourth-order valence-electron chi connectivity index (χ4n) is 2.50. The van der Waals surface area contributed by atoms with Crippen molar-refractivity contribution in [3.05, 3.63) is 47.8 Å². The average molecular weight is 396 g/mol. The molecule has 0 radical (unpaired) electrons. The van der Waals surface area contributed by atoms with Gasteiger partial charge in [0, 0.05) is 17.6 Å². The Labute approximate surface area is 156 Å². The number of anilines is 1. The molecule has 0 saturated heterocycles. The van der Waals surface area contributed by atoms with Gasteiger partial charge in [0.1, 0.15) is 23.6 Å². The van der Waals surface area contributed by atoms with Crippen LogP contribution in [0.1, 0.15) is 34.7 Å². The van der Waals surface area contributed by atoms with Crippen LogP contribution in [0.3, 0.4) is 0 Å². The topological polar surface area (TPSA) is 106 Å². The summed E-state index contributed by atoms with van der Waals surface area (Å²) in [5, 5.41) is 2.84. The largest absolute Gasteiger partial charge is 0.379 e. The molecular formula is C16H15F3N6OS. The van der Waals surface area contributed by atoms with E-state index in [-0.39, 0.29) is 10.9 Å². The van der Waals surface area contributed by atoms with E-state index in [1.165, 1.54) is 30.1 Å². The van der Waals surface area contributed by atoms with Gasteiger partial charge in [0.15, 0.2) is 5.17 Å². The summed E-state index contributed by atoms with van der Waals surface area (Å²) in [6, 6.07) is 3.02. The Morgan fingerprint density at radius 2 is 2.15 bits per heavy atom. The number of amidine groups is 1. The van der Waals surface area contributed by atoms with E-state index in [4.69, 9.17) is 5.73 Å². The van der Waals surface area contributed by atoms with Gasteiger partial charge >= 0.3 is 0 Å². The lowest BCUT2D eigenvalue weighted by atomic mass is 9.93. The molecule has 1 unspecified atom stereocenters. The minimum absolute atomic E-state index is 0.130. The lowest BCUT2D eigenvalue weighted by Crippen LogP contribution is -2.34. The summed E-state index contributed by atoms with van der Waals surface area (Å²) < 4.78 is 38.8. The molecule has 7 nitrogen and oxygen atoms in total. The van der Waals surface area contributed by atoms with Crippen molar-refractivity contribution in [2.45, 2.75) is 18.4 Å². The Bertz CT molecular complexity index is 863. The molecule has 3 N–H and O–H groups in total. The zero-order valence-corrected chi connectivity index (χ0v) is 14.7. The van der Waals surface area contributed by atoms with E-state index in [0.717, 1.165) is 12.4 Å². The summed E-state index contributed by atoms with van der Waals surface area (Å²) in [5.74, 6) is -0.0409. The third kappa shape index (κ3) is 4.18. The highest BCUT2D eigenvalue weighted by Gasteiger charge is 2.36. The molecule has 11 heteroatoms. The van der Waals surface area contributed by atoms with Gasteiger partial charge in [-0.05, 0) is 18.6 Å². The minimum Gasteiger partial charge on any atom is -0.379 e. The normalized spacial score (nSPS) is 19.6. The third-order valence-electron chi connectivity index (χ3n) is 3.93. The van der Waals surface area contributed by atoms with Gasteiger partial charge in [-0.3, -0.25) is 14.8 Å². The SMILES string of the molecule is NC1=NC(CF)(c2cc(NC(=O)c3cnc(C(F)F)cn3)ccn2)CCS1. The summed E-state index contributed by atoms with van der Waals surface area (Å²) in [5.41, 5.74) is 4.57. The zero-order valence-electron chi connectivity index (χ0n) is 13.9. The summed E-state index contributed by atoms with van der Waals surface area (Å²) in [6.45, 7) is -0.779. The Kier molecular flexibility index (Phi) is 5.59. The lowest BCUT2D eigenvalue weighted by Gasteiger charge is -2.30. The number of nitrogens with one attached hydrogen (secondary N) is 1. The summed E-state index contributed by atoms with van der Waals surface area (Å²) >= 11 is 1.34. The van der Waals surface area contributed by atoms with Gasteiger partial charge in [0.25, 0.3) is 12.3 Å². The lowest BCUT2D eigenvalue weighted by molar-refractivity contribution is 0.102. The van der Waals surface area contributed by atoms with Crippen LogP contribution in [0.5, 0.6) is 0 Å². The van der Waals surface area contributed by atoms with Gasteiger partial charge in [0.2, 0.25) is 0 Å².